The lowest BCUT2D eigenvalue weighted by Gasteiger charge is -2.31. The lowest BCUT2D eigenvalue weighted by Crippen LogP contribution is -2.45. The van der Waals surface area contributed by atoms with Gasteiger partial charge in [-0.15, -0.1) is 0 Å². The number of halogens is 1. The van der Waals surface area contributed by atoms with Gasteiger partial charge in [-0.05, 0) is 42.0 Å². The number of carbonyl (C=O) groups excluding carboxylic acids is 2. The molecule has 0 bridgehead atoms. The minimum absolute atomic E-state index is 0.125. The van der Waals surface area contributed by atoms with Crippen LogP contribution in [0.2, 0.25) is 5.02 Å². The van der Waals surface area contributed by atoms with Crippen molar-refractivity contribution in [2.75, 3.05) is 25.6 Å². The third-order valence-corrected chi connectivity index (χ3v) is 5.20. The SMILES string of the molecule is COc1ccc([C@@H]2NC(=O)N(C)C3=C2C(=O)N(c2ccc(Cl)cc2)C3)cc1. The van der Waals surface area contributed by atoms with Crippen LogP contribution in [0.15, 0.2) is 59.8 Å². The van der Waals surface area contributed by atoms with Gasteiger partial charge in [0.05, 0.1) is 31.0 Å². The molecule has 2 aliphatic heterocycles. The fourth-order valence-corrected chi connectivity index (χ4v) is 3.57. The molecule has 0 aromatic heterocycles. The van der Waals surface area contributed by atoms with Crippen LogP contribution in [0.1, 0.15) is 11.6 Å². The smallest absolute Gasteiger partial charge is 0.322 e. The first-order chi connectivity index (χ1) is 13.0. The summed E-state index contributed by atoms with van der Waals surface area (Å²) in [6.45, 7) is 0.340. The van der Waals surface area contributed by atoms with Gasteiger partial charge in [-0.3, -0.25) is 9.69 Å². The predicted octanol–water partition coefficient (Wildman–Crippen LogP) is 3.35. The van der Waals surface area contributed by atoms with Crippen molar-refractivity contribution in [2.24, 2.45) is 0 Å². The van der Waals surface area contributed by atoms with Crippen LogP contribution in [0, 0.1) is 0 Å². The number of rotatable bonds is 3. The molecule has 2 heterocycles. The number of hydrogen-bond donors (Lipinski definition) is 1. The number of anilines is 1. The van der Waals surface area contributed by atoms with E-state index in [0.717, 1.165) is 11.3 Å². The first-order valence-electron chi connectivity index (χ1n) is 8.48. The molecule has 138 valence electrons. The van der Waals surface area contributed by atoms with E-state index in [4.69, 9.17) is 16.3 Å². The third kappa shape index (κ3) is 2.92. The summed E-state index contributed by atoms with van der Waals surface area (Å²) < 4.78 is 5.19. The summed E-state index contributed by atoms with van der Waals surface area (Å²) >= 11 is 5.96. The van der Waals surface area contributed by atoms with Gasteiger partial charge in [-0.2, -0.15) is 0 Å². The number of carbonyl (C=O) groups is 2. The summed E-state index contributed by atoms with van der Waals surface area (Å²) in [4.78, 5) is 28.8. The molecule has 1 atom stereocenters. The van der Waals surface area contributed by atoms with E-state index in [0.29, 0.717) is 28.6 Å². The zero-order valence-electron chi connectivity index (χ0n) is 14.9. The number of likely N-dealkylation sites (N-methyl/N-ethyl adjacent to an activating group) is 1. The van der Waals surface area contributed by atoms with Crippen molar-refractivity contribution in [2.45, 2.75) is 6.04 Å². The molecule has 2 aliphatic rings. The third-order valence-electron chi connectivity index (χ3n) is 4.95. The molecule has 0 radical (unpaired) electrons. The monoisotopic (exact) mass is 383 g/mol. The summed E-state index contributed by atoms with van der Waals surface area (Å²) in [5.41, 5.74) is 2.86. The Morgan fingerprint density at radius 2 is 1.74 bits per heavy atom. The molecule has 0 spiro atoms. The van der Waals surface area contributed by atoms with Gasteiger partial charge in [-0.1, -0.05) is 23.7 Å². The van der Waals surface area contributed by atoms with Crippen LogP contribution < -0.4 is 15.0 Å². The van der Waals surface area contributed by atoms with E-state index in [2.05, 4.69) is 5.32 Å². The van der Waals surface area contributed by atoms with Crippen LogP contribution >= 0.6 is 11.6 Å². The lowest BCUT2D eigenvalue weighted by molar-refractivity contribution is -0.114. The highest BCUT2D eigenvalue weighted by Gasteiger charge is 2.43. The minimum atomic E-state index is -0.501. The van der Waals surface area contributed by atoms with Crippen LogP contribution in [0.25, 0.3) is 0 Å². The van der Waals surface area contributed by atoms with Crippen LogP contribution in [0.5, 0.6) is 5.75 Å². The van der Waals surface area contributed by atoms with Gasteiger partial charge in [0, 0.05) is 17.8 Å². The number of benzene rings is 2. The molecular weight excluding hydrogens is 366 g/mol. The van der Waals surface area contributed by atoms with Crippen molar-refractivity contribution in [3.05, 3.63) is 70.4 Å². The van der Waals surface area contributed by atoms with Crippen LogP contribution in [0.4, 0.5) is 10.5 Å². The van der Waals surface area contributed by atoms with Gasteiger partial charge < -0.3 is 15.0 Å². The molecule has 6 nitrogen and oxygen atoms in total. The van der Waals surface area contributed by atoms with Crippen molar-refractivity contribution in [1.82, 2.24) is 10.2 Å². The van der Waals surface area contributed by atoms with E-state index < -0.39 is 6.04 Å². The maximum atomic E-state index is 13.2. The lowest BCUT2D eigenvalue weighted by atomic mass is 9.95. The van der Waals surface area contributed by atoms with Gasteiger partial charge >= 0.3 is 6.03 Å². The molecule has 3 amide bonds. The second kappa shape index (κ2) is 6.63. The van der Waals surface area contributed by atoms with E-state index >= 15 is 0 Å². The van der Waals surface area contributed by atoms with Crippen LogP contribution in [-0.2, 0) is 4.79 Å². The Bertz CT molecular complexity index is 938. The maximum absolute atomic E-state index is 13.2. The Morgan fingerprint density at radius 3 is 2.37 bits per heavy atom. The first-order valence-corrected chi connectivity index (χ1v) is 8.86. The highest BCUT2D eigenvalue weighted by Crippen LogP contribution is 2.38. The standard InChI is InChI=1S/C20H18ClN3O3/c1-23-16-11-24(14-7-5-13(21)6-8-14)19(25)17(16)18(22-20(23)26)12-3-9-15(27-2)10-4-12/h3-10,18H,11H2,1-2H3,(H,22,26)/t18-/m0/s1. The van der Waals surface area contributed by atoms with E-state index in [9.17, 15) is 9.59 Å². The zero-order chi connectivity index (χ0) is 19.1. The van der Waals surface area contributed by atoms with Gasteiger partial charge in [0.2, 0.25) is 0 Å². The van der Waals surface area contributed by atoms with Gasteiger partial charge in [0.25, 0.3) is 5.91 Å². The normalized spacial score (nSPS) is 19.3. The first kappa shape index (κ1) is 17.4. The van der Waals surface area contributed by atoms with Crippen LogP contribution in [0.3, 0.4) is 0 Å². The molecule has 27 heavy (non-hydrogen) atoms. The Morgan fingerprint density at radius 1 is 1.07 bits per heavy atom. The number of amides is 3. The molecule has 0 aliphatic carbocycles. The van der Waals surface area contributed by atoms with Crippen molar-refractivity contribution < 1.29 is 14.3 Å². The second-order valence-corrected chi connectivity index (χ2v) is 6.88. The fourth-order valence-electron chi connectivity index (χ4n) is 3.44. The molecule has 0 saturated carbocycles. The largest absolute Gasteiger partial charge is 0.497 e. The molecule has 2 aromatic carbocycles. The second-order valence-electron chi connectivity index (χ2n) is 6.44. The number of ether oxygens (including phenoxy) is 1. The molecule has 0 saturated heterocycles. The summed E-state index contributed by atoms with van der Waals surface area (Å²) in [6, 6.07) is 13.7. The topological polar surface area (TPSA) is 61.9 Å². The zero-order valence-corrected chi connectivity index (χ0v) is 15.7. The highest BCUT2D eigenvalue weighted by atomic mass is 35.5. The van der Waals surface area contributed by atoms with Gasteiger partial charge in [0.15, 0.2) is 0 Å². The molecule has 7 heteroatoms. The molecule has 2 aromatic rings. The summed E-state index contributed by atoms with van der Waals surface area (Å²) in [6.07, 6.45) is 0. The molecule has 0 unspecified atom stereocenters. The summed E-state index contributed by atoms with van der Waals surface area (Å²) in [7, 11) is 3.27. The Hall–Kier alpha value is -2.99. The van der Waals surface area contributed by atoms with E-state index in [-0.39, 0.29) is 11.9 Å². The average molecular weight is 384 g/mol. The number of nitrogens with one attached hydrogen (secondary N) is 1. The van der Waals surface area contributed by atoms with Crippen molar-refractivity contribution in [3.63, 3.8) is 0 Å². The van der Waals surface area contributed by atoms with E-state index in [1.165, 1.54) is 4.90 Å². The summed E-state index contributed by atoms with van der Waals surface area (Å²) in [5.74, 6) is 0.590. The van der Waals surface area contributed by atoms with E-state index in [1.54, 1.807) is 43.3 Å². The molecule has 1 N–H and O–H groups in total. The number of urea groups is 1. The summed E-state index contributed by atoms with van der Waals surface area (Å²) in [5, 5.41) is 3.53. The van der Waals surface area contributed by atoms with Crippen molar-refractivity contribution in [1.29, 1.82) is 0 Å². The average Bonchev–Trinajstić information content (AvgIpc) is 3.03. The Balaban J connectivity index is 1.73. The Labute approximate surface area is 162 Å². The predicted molar refractivity (Wildman–Crippen MR) is 103 cm³/mol. The molecular formula is C20H18ClN3O3. The quantitative estimate of drug-likeness (QED) is 0.884. The number of methoxy groups -OCH3 is 1. The van der Waals surface area contributed by atoms with Gasteiger partial charge in [-0.25, -0.2) is 4.79 Å². The number of hydrogen-bond acceptors (Lipinski definition) is 3. The molecule has 0 fully saturated rings. The maximum Gasteiger partial charge on any atom is 0.322 e. The minimum Gasteiger partial charge on any atom is -0.497 e. The number of nitrogens with zero attached hydrogens (tertiary/aromatic N) is 2. The van der Waals surface area contributed by atoms with Crippen molar-refractivity contribution >= 4 is 29.2 Å². The van der Waals surface area contributed by atoms with Crippen LogP contribution in [-0.4, -0.2) is 37.5 Å². The fraction of sp³-hybridized carbons (Fsp3) is 0.200. The van der Waals surface area contributed by atoms with E-state index in [1.807, 2.05) is 24.3 Å². The van der Waals surface area contributed by atoms with Crippen molar-refractivity contribution in [3.8, 4) is 5.75 Å². The Kier molecular flexibility index (Phi) is 4.28. The van der Waals surface area contributed by atoms with Gasteiger partial charge in [0.1, 0.15) is 5.75 Å². The molecule has 4 rings (SSSR count). The highest BCUT2D eigenvalue weighted by molar-refractivity contribution is 6.30.